The van der Waals surface area contributed by atoms with E-state index in [1.54, 1.807) is 0 Å². The van der Waals surface area contributed by atoms with Gasteiger partial charge in [-0.05, 0) is 41.7 Å². The van der Waals surface area contributed by atoms with Crippen LogP contribution in [-0.4, -0.2) is 27.1 Å². The van der Waals surface area contributed by atoms with Gasteiger partial charge in [0.15, 0.2) is 6.23 Å². The summed E-state index contributed by atoms with van der Waals surface area (Å²) in [5.41, 5.74) is 5.84. The van der Waals surface area contributed by atoms with Gasteiger partial charge in [0.05, 0.1) is 5.69 Å². The second-order valence-electron chi connectivity index (χ2n) is 10.3. The molecule has 3 atom stereocenters. The van der Waals surface area contributed by atoms with Crippen LogP contribution in [0.2, 0.25) is 0 Å². The number of aliphatic hydroxyl groups is 1. The zero-order valence-corrected chi connectivity index (χ0v) is 17.2. The summed E-state index contributed by atoms with van der Waals surface area (Å²) in [6.45, 7) is 13.8. The lowest BCUT2D eigenvalue weighted by atomic mass is 9.68. The fourth-order valence-electron chi connectivity index (χ4n) is 5.88. The molecule has 0 spiro atoms. The van der Waals surface area contributed by atoms with E-state index in [-0.39, 0.29) is 16.2 Å². The van der Waals surface area contributed by atoms with Gasteiger partial charge in [-0.15, -0.1) is 0 Å². The van der Waals surface area contributed by atoms with Crippen LogP contribution in [-0.2, 0) is 0 Å². The van der Waals surface area contributed by atoms with Gasteiger partial charge in [-0.3, -0.25) is 4.98 Å². The van der Waals surface area contributed by atoms with Crippen molar-refractivity contribution in [3.05, 3.63) is 47.1 Å². The Hall–Kier alpha value is -1.94. The minimum Gasteiger partial charge on any atom is -0.368 e. The Morgan fingerprint density at radius 1 is 1.22 bits per heavy atom. The molecule has 4 heteroatoms. The number of hydrogen-bond donors (Lipinski definition) is 1. The van der Waals surface area contributed by atoms with Crippen molar-refractivity contribution >= 4 is 11.4 Å². The molecule has 2 aliphatic heterocycles. The highest BCUT2D eigenvalue weighted by Crippen LogP contribution is 2.70. The average molecular weight is 364 g/mol. The van der Waals surface area contributed by atoms with Gasteiger partial charge < -0.3 is 10.0 Å². The maximum absolute atomic E-state index is 11.0. The Morgan fingerprint density at radius 3 is 2.67 bits per heavy atom. The fraction of sp³-hybridized carbons (Fsp3) is 0.565. The van der Waals surface area contributed by atoms with Crippen LogP contribution < -0.4 is 0 Å². The number of fused-ring (bicyclic) bond motifs is 8. The summed E-state index contributed by atoms with van der Waals surface area (Å²) >= 11 is 0. The number of aromatic nitrogens is 1. The molecule has 27 heavy (non-hydrogen) atoms. The molecule has 2 aliphatic carbocycles. The molecule has 3 heterocycles. The van der Waals surface area contributed by atoms with Crippen LogP contribution in [0.4, 0.5) is 0 Å². The molecular formula is C23H29N3O. The van der Waals surface area contributed by atoms with Crippen LogP contribution in [0, 0.1) is 22.2 Å². The van der Waals surface area contributed by atoms with E-state index < -0.39 is 6.23 Å². The van der Waals surface area contributed by atoms with E-state index in [9.17, 15) is 5.11 Å². The standard InChI is InChI=1S/C23H29N3O/c1-21(2,3)15-12-26-18-16(14-9-10-23(18,6)22(14,4)5)20(27)25-19(26)13-8-7-11-24-17(13)15/h7-8,11-12,14,20,27H,9-10H2,1-6H3. The van der Waals surface area contributed by atoms with Crippen LogP contribution >= 0.6 is 0 Å². The minimum atomic E-state index is -0.740. The number of hydrogen-bond acceptors (Lipinski definition) is 4. The molecule has 0 aromatic carbocycles. The van der Waals surface area contributed by atoms with E-state index in [0.29, 0.717) is 5.92 Å². The number of rotatable bonds is 0. The van der Waals surface area contributed by atoms with E-state index >= 15 is 0 Å². The van der Waals surface area contributed by atoms with Crippen molar-refractivity contribution in [2.45, 2.75) is 60.6 Å². The molecule has 0 radical (unpaired) electrons. The van der Waals surface area contributed by atoms with Crippen molar-refractivity contribution in [2.75, 3.05) is 0 Å². The highest BCUT2D eigenvalue weighted by Gasteiger charge is 2.64. The Morgan fingerprint density at radius 2 is 1.96 bits per heavy atom. The predicted octanol–water partition coefficient (Wildman–Crippen LogP) is 4.57. The van der Waals surface area contributed by atoms with Crippen molar-refractivity contribution in [1.82, 2.24) is 9.88 Å². The molecule has 4 aliphatic rings. The first kappa shape index (κ1) is 17.2. The van der Waals surface area contributed by atoms with Crippen LogP contribution in [0.5, 0.6) is 0 Å². The van der Waals surface area contributed by atoms with Crippen LogP contribution in [0.1, 0.15) is 65.6 Å². The molecule has 142 valence electrons. The van der Waals surface area contributed by atoms with Crippen LogP contribution in [0.25, 0.3) is 5.57 Å². The molecule has 1 N–H and O–H groups in total. The van der Waals surface area contributed by atoms with E-state index in [2.05, 4.69) is 63.7 Å². The SMILES string of the molecule is CC(C)(C)C1=CN2C(=NC(O)C3=C2C2(C)CCC3C2(C)C)c2cccnc21. The van der Waals surface area contributed by atoms with E-state index in [1.807, 2.05) is 12.3 Å². The van der Waals surface area contributed by atoms with Gasteiger partial charge in [0.2, 0.25) is 0 Å². The monoisotopic (exact) mass is 363 g/mol. The van der Waals surface area contributed by atoms with Gasteiger partial charge in [-0.1, -0.05) is 41.5 Å². The van der Waals surface area contributed by atoms with E-state index in [0.717, 1.165) is 29.1 Å². The first-order valence-electron chi connectivity index (χ1n) is 10.0. The predicted molar refractivity (Wildman–Crippen MR) is 108 cm³/mol. The topological polar surface area (TPSA) is 48.7 Å². The third-order valence-corrected chi connectivity index (χ3v) is 7.76. The van der Waals surface area contributed by atoms with E-state index in [1.165, 1.54) is 17.7 Å². The Kier molecular flexibility index (Phi) is 3.12. The number of allylic oxidation sites excluding steroid dienone is 2. The zero-order chi connectivity index (χ0) is 19.4. The molecule has 1 saturated carbocycles. The lowest BCUT2D eigenvalue weighted by molar-refractivity contribution is 0.151. The first-order valence-corrected chi connectivity index (χ1v) is 10.0. The summed E-state index contributed by atoms with van der Waals surface area (Å²) in [6.07, 6.45) is 5.66. The maximum Gasteiger partial charge on any atom is 0.171 e. The highest BCUT2D eigenvalue weighted by molar-refractivity contribution is 6.07. The molecule has 1 aromatic heterocycles. The number of amidine groups is 1. The summed E-state index contributed by atoms with van der Waals surface area (Å²) in [5.74, 6) is 1.25. The minimum absolute atomic E-state index is 0.0283. The fourth-order valence-corrected chi connectivity index (χ4v) is 5.88. The second kappa shape index (κ2) is 4.91. The van der Waals surface area contributed by atoms with Gasteiger partial charge in [-0.2, -0.15) is 0 Å². The lowest BCUT2D eigenvalue weighted by Crippen LogP contribution is -2.43. The molecule has 5 rings (SSSR count). The van der Waals surface area contributed by atoms with Gasteiger partial charge in [0.25, 0.3) is 0 Å². The molecule has 1 fully saturated rings. The van der Waals surface area contributed by atoms with E-state index in [4.69, 9.17) is 4.99 Å². The number of aliphatic hydroxyl groups excluding tert-OH is 1. The molecule has 4 nitrogen and oxygen atoms in total. The van der Waals surface area contributed by atoms with Crippen LogP contribution in [0.15, 0.2) is 40.8 Å². The van der Waals surface area contributed by atoms with Crippen molar-refractivity contribution in [2.24, 2.45) is 27.2 Å². The summed E-state index contributed by atoms with van der Waals surface area (Å²) in [6, 6.07) is 4.06. The summed E-state index contributed by atoms with van der Waals surface area (Å²) in [5, 5.41) is 11.0. The van der Waals surface area contributed by atoms with Gasteiger partial charge in [0, 0.05) is 40.2 Å². The van der Waals surface area contributed by atoms with Crippen molar-refractivity contribution in [3.63, 3.8) is 0 Å². The van der Waals surface area contributed by atoms with Crippen molar-refractivity contribution < 1.29 is 5.11 Å². The molecule has 2 bridgehead atoms. The summed E-state index contributed by atoms with van der Waals surface area (Å²) < 4.78 is 0. The number of nitrogens with zero attached hydrogens (tertiary/aromatic N) is 3. The highest BCUT2D eigenvalue weighted by atomic mass is 16.3. The molecule has 0 amide bonds. The molecule has 1 aromatic rings. The van der Waals surface area contributed by atoms with Crippen molar-refractivity contribution in [1.29, 1.82) is 0 Å². The quantitative estimate of drug-likeness (QED) is 0.734. The second-order valence-corrected chi connectivity index (χ2v) is 10.3. The maximum atomic E-state index is 11.0. The largest absolute Gasteiger partial charge is 0.368 e. The number of pyridine rings is 1. The van der Waals surface area contributed by atoms with Crippen LogP contribution in [0.3, 0.4) is 0 Å². The van der Waals surface area contributed by atoms with Gasteiger partial charge in [-0.25, -0.2) is 4.99 Å². The Bertz CT molecular complexity index is 947. The summed E-state index contributed by atoms with van der Waals surface area (Å²) in [7, 11) is 0. The molecule has 3 unspecified atom stereocenters. The van der Waals surface area contributed by atoms with Gasteiger partial charge in [0.1, 0.15) is 5.84 Å². The Labute approximate surface area is 161 Å². The Balaban J connectivity index is 1.78. The average Bonchev–Trinajstić information content (AvgIpc) is 2.93. The smallest absolute Gasteiger partial charge is 0.171 e. The molecule has 0 saturated heterocycles. The summed E-state index contributed by atoms with van der Waals surface area (Å²) in [4.78, 5) is 11.8. The zero-order valence-electron chi connectivity index (χ0n) is 17.2. The first-order chi connectivity index (χ1) is 12.6. The third kappa shape index (κ3) is 1.92. The third-order valence-electron chi connectivity index (χ3n) is 7.76. The molecular weight excluding hydrogens is 334 g/mol. The number of aliphatic imine (C=N–C) groups is 1. The lowest BCUT2D eigenvalue weighted by Gasteiger charge is -2.45. The van der Waals surface area contributed by atoms with Crippen molar-refractivity contribution in [3.8, 4) is 0 Å². The normalized spacial score (nSPS) is 33.4. The van der Waals surface area contributed by atoms with Gasteiger partial charge >= 0.3 is 0 Å².